The molecule has 0 aromatic heterocycles. The lowest BCUT2D eigenvalue weighted by Gasteiger charge is -2.39. The molecule has 19 heavy (non-hydrogen) atoms. The van der Waals surface area contributed by atoms with Gasteiger partial charge in [0.05, 0.1) is 0 Å². The molecule has 1 aromatic rings. The zero-order valence-electron chi connectivity index (χ0n) is 11.2. The number of rotatable bonds is 4. The minimum Gasteiger partial charge on any atom is -0.306 e. The standard InChI is InChI=1S/C15H20BrClFN/c1-11-4-6-15(10-17,7-5-11)19-9-12-2-3-13(16)8-14(12)18/h2-3,8,11,19H,4-7,9-10H2,1H3. The number of benzene rings is 1. The lowest BCUT2D eigenvalue weighted by molar-refractivity contribution is 0.215. The molecule has 106 valence electrons. The lowest BCUT2D eigenvalue weighted by Crippen LogP contribution is -2.49. The molecule has 0 atom stereocenters. The van der Waals surface area contributed by atoms with Crippen LogP contribution in [0.5, 0.6) is 0 Å². The van der Waals surface area contributed by atoms with Gasteiger partial charge >= 0.3 is 0 Å². The first-order valence-corrected chi connectivity index (χ1v) is 8.12. The van der Waals surface area contributed by atoms with Crippen molar-refractivity contribution in [2.24, 2.45) is 5.92 Å². The van der Waals surface area contributed by atoms with Crippen LogP contribution in [0.25, 0.3) is 0 Å². The Morgan fingerprint density at radius 2 is 2.11 bits per heavy atom. The summed E-state index contributed by atoms with van der Waals surface area (Å²) >= 11 is 9.43. The van der Waals surface area contributed by atoms with Crippen molar-refractivity contribution in [3.05, 3.63) is 34.1 Å². The molecule has 2 rings (SSSR count). The van der Waals surface area contributed by atoms with Crippen molar-refractivity contribution >= 4 is 27.5 Å². The zero-order chi connectivity index (χ0) is 13.9. The van der Waals surface area contributed by atoms with Crippen LogP contribution in [-0.2, 0) is 6.54 Å². The second-order valence-corrected chi connectivity index (χ2v) is 6.87. The Bertz CT molecular complexity index is 430. The van der Waals surface area contributed by atoms with Crippen molar-refractivity contribution in [3.63, 3.8) is 0 Å². The third-order valence-corrected chi connectivity index (χ3v) is 5.16. The maximum absolute atomic E-state index is 13.8. The summed E-state index contributed by atoms with van der Waals surface area (Å²) in [6, 6.07) is 5.20. The van der Waals surface area contributed by atoms with Gasteiger partial charge in [0.25, 0.3) is 0 Å². The topological polar surface area (TPSA) is 12.0 Å². The predicted molar refractivity (Wildman–Crippen MR) is 82.0 cm³/mol. The van der Waals surface area contributed by atoms with Crippen molar-refractivity contribution in [1.82, 2.24) is 5.32 Å². The summed E-state index contributed by atoms with van der Waals surface area (Å²) in [5.41, 5.74) is 0.680. The maximum atomic E-state index is 13.8. The summed E-state index contributed by atoms with van der Waals surface area (Å²) in [6.45, 7) is 2.83. The molecule has 0 saturated heterocycles. The summed E-state index contributed by atoms with van der Waals surface area (Å²) < 4.78 is 14.6. The van der Waals surface area contributed by atoms with E-state index in [1.54, 1.807) is 0 Å². The average Bonchev–Trinajstić information content (AvgIpc) is 2.40. The van der Waals surface area contributed by atoms with Crippen molar-refractivity contribution < 1.29 is 4.39 Å². The number of hydrogen-bond donors (Lipinski definition) is 1. The van der Waals surface area contributed by atoms with Gasteiger partial charge in [0.1, 0.15) is 5.82 Å². The van der Waals surface area contributed by atoms with Gasteiger partial charge in [-0.15, -0.1) is 11.6 Å². The summed E-state index contributed by atoms with van der Waals surface area (Å²) in [6.07, 6.45) is 4.55. The molecular weight excluding hydrogens is 329 g/mol. The van der Waals surface area contributed by atoms with Crippen LogP contribution in [0.2, 0.25) is 0 Å². The quantitative estimate of drug-likeness (QED) is 0.766. The monoisotopic (exact) mass is 347 g/mol. The van der Waals surface area contributed by atoms with Crippen LogP contribution >= 0.6 is 27.5 Å². The van der Waals surface area contributed by atoms with E-state index in [4.69, 9.17) is 11.6 Å². The Kier molecular flexibility index (Phi) is 5.27. The highest BCUT2D eigenvalue weighted by Gasteiger charge is 2.32. The molecule has 1 fully saturated rings. The van der Waals surface area contributed by atoms with Gasteiger partial charge in [-0.25, -0.2) is 4.39 Å². The average molecular weight is 349 g/mol. The highest BCUT2D eigenvalue weighted by Crippen LogP contribution is 2.33. The Labute approximate surface area is 128 Å². The fourth-order valence-electron chi connectivity index (χ4n) is 2.62. The van der Waals surface area contributed by atoms with E-state index >= 15 is 0 Å². The van der Waals surface area contributed by atoms with Crippen molar-refractivity contribution in [1.29, 1.82) is 0 Å². The highest BCUT2D eigenvalue weighted by molar-refractivity contribution is 9.10. The van der Waals surface area contributed by atoms with E-state index in [2.05, 4.69) is 28.2 Å². The summed E-state index contributed by atoms with van der Waals surface area (Å²) in [5.74, 6) is 1.20. The zero-order valence-corrected chi connectivity index (χ0v) is 13.5. The molecular formula is C15H20BrClFN. The smallest absolute Gasteiger partial charge is 0.128 e. The Morgan fingerprint density at radius 1 is 1.42 bits per heavy atom. The van der Waals surface area contributed by atoms with E-state index in [-0.39, 0.29) is 11.4 Å². The van der Waals surface area contributed by atoms with E-state index in [1.165, 1.54) is 18.9 Å². The normalized spacial score (nSPS) is 27.5. The number of alkyl halides is 1. The molecule has 0 heterocycles. The van der Waals surface area contributed by atoms with Gasteiger partial charge in [0, 0.05) is 28.0 Å². The first-order valence-electron chi connectivity index (χ1n) is 6.79. The van der Waals surface area contributed by atoms with Gasteiger partial charge in [0.15, 0.2) is 0 Å². The van der Waals surface area contributed by atoms with E-state index in [1.807, 2.05) is 12.1 Å². The summed E-state index contributed by atoms with van der Waals surface area (Å²) in [4.78, 5) is 0. The molecule has 1 aliphatic carbocycles. The van der Waals surface area contributed by atoms with E-state index < -0.39 is 0 Å². The predicted octanol–water partition coefficient (Wildman–Crippen LogP) is 4.87. The van der Waals surface area contributed by atoms with Crippen LogP contribution in [0.3, 0.4) is 0 Å². The fraction of sp³-hybridized carbons (Fsp3) is 0.600. The highest BCUT2D eigenvalue weighted by atomic mass is 79.9. The van der Waals surface area contributed by atoms with Crippen LogP contribution < -0.4 is 5.32 Å². The van der Waals surface area contributed by atoms with Crippen LogP contribution in [0.1, 0.15) is 38.2 Å². The largest absolute Gasteiger partial charge is 0.306 e. The van der Waals surface area contributed by atoms with Gasteiger partial charge in [-0.05, 0) is 43.7 Å². The molecule has 0 radical (unpaired) electrons. The molecule has 0 unspecified atom stereocenters. The Morgan fingerprint density at radius 3 is 2.68 bits per heavy atom. The molecule has 4 heteroatoms. The molecule has 0 amide bonds. The van der Waals surface area contributed by atoms with Gasteiger partial charge < -0.3 is 5.32 Å². The Balaban J connectivity index is 2.00. The molecule has 1 saturated carbocycles. The second kappa shape index (κ2) is 6.55. The van der Waals surface area contributed by atoms with E-state index in [9.17, 15) is 4.39 Å². The minimum absolute atomic E-state index is 0.0203. The number of nitrogens with one attached hydrogen (secondary N) is 1. The molecule has 0 aliphatic heterocycles. The van der Waals surface area contributed by atoms with Gasteiger partial charge in [-0.2, -0.15) is 0 Å². The summed E-state index contributed by atoms with van der Waals surface area (Å²) in [5, 5.41) is 3.49. The molecule has 1 aliphatic rings. The Hall–Kier alpha value is -0.120. The van der Waals surface area contributed by atoms with Crippen LogP contribution in [0.4, 0.5) is 4.39 Å². The maximum Gasteiger partial charge on any atom is 0.128 e. The van der Waals surface area contributed by atoms with Crippen molar-refractivity contribution in [2.45, 2.75) is 44.7 Å². The van der Waals surface area contributed by atoms with Gasteiger partial charge in [0.2, 0.25) is 0 Å². The van der Waals surface area contributed by atoms with Crippen molar-refractivity contribution in [3.8, 4) is 0 Å². The number of hydrogen-bond acceptors (Lipinski definition) is 1. The van der Waals surface area contributed by atoms with Crippen LogP contribution in [-0.4, -0.2) is 11.4 Å². The summed E-state index contributed by atoms with van der Waals surface area (Å²) in [7, 11) is 0. The second-order valence-electron chi connectivity index (χ2n) is 5.69. The third-order valence-electron chi connectivity index (χ3n) is 4.16. The van der Waals surface area contributed by atoms with Crippen LogP contribution in [0.15, 0.2) is 22.7 Å². The third kappa shape index (κ3) is 3.93. The first-order chi connectivity index (χ1) is 9.04. The minimum atomic E-state index is -0.171. The molecule has 0 bridgehead atoms. The lowest BCUT2D eigenvalue weighted by atomic mass is 9.78. The van der Waals surface area contributed by atoms with E-state index in [0.29, 0.717) is 18.0 Å². The van der Waals surface area contributed by atoms with Crippen LogP contribution in [0, 0.1) is 11.7 Å². The van der Waals surface area contributed by atoms with Gasteiger partial charge in [-0.3, -0.25) is 0 Å². The molecule has 0 spiro atoms. The SMILES string of the molecule is CC1CCC(CCl)(NCc2ccc(Br)cc2F)CC1. The van der Waals surface area contributed by atoms with Gasteiger partial charge in [-0.1, -0.05) is 28.9 Å². The van der Waals surface area contributed by atoms with E-state index in [0.717, 1.165) is 23.2 Å². The van der Waals surface area contributed by atoms with Crippen molar-refractivity contribution in [2.75, 3.05) is 5.88 Å². The fourth-order valence-corrected chi connectivity index (χ4v) is 3.32. The molecule has 1 aromatic carbocycles. The first kappa shape index (κ1) is 15.3. The molecule has 1 N–H and O–H groups in total. The molecule has 1 nitrogen and oxygen atoms in total. The number of halogens is 3.